The first-order valence-corrected chi connectivity index (χ1v) is 10.9. The average molecular weight is 434 g/mol. The molecule has 0 aromatic carbocycles. The molecule has 0 radical (unpaired) electrons. The summed E-state index contributed by atoms with van der Waals surface area (Å²) in [7, 11) is 0. The molecule has 2 rings (SSSR count). The highest BCUT2D eigenvalue weighted by molar-refractivity contribution is 8.03. The second-order valence-corrected chi connectivity index (χ2v) is 7.91. The van der Waals surface area contributed by atoms with Crippen molar-refractivity contribution in [3.63, 3.8) is 0 Å². The molecule has 2 heterocycles. The van der Waals surface area contributed by atoms with Gasteiger partial charge in [-0.25, -0.2) is 4.98 Å². The average Bonchev–Trinajstić information content (AvgIpc) is 3.17. The number of rotatable bonds is 10. The predicted octanol–water partition coefficient (Wildman–Crippen LogP) is 4.43. The van der Waals surface area contributed by atoms with Gasteiger partial charge in [-0.15, -0.1) is 35.5 Å². The third kappa shape index (κ3) is 7.35. The van der Waals surface area contributed by atoms with Crippen molar-refractivity contribution >= 4 is 52.5 Å². The van der Waals surface area contributed by atoms with Gasteiger partial charge in [0.05, 0.1) is 31.1 Å². The maximum absolute atomic E-state index is 12.4. The van der Waals surface area contributed by atoms with Gasteiger partial charge in [0.25, 0.3) is 0 Å². The summed E-state index contributed by atoms with van der Waals surface area (Å²) in [5.74, 6) is 0.459. The minimum Gasteiger partial charge on any atom is -0.466 e. The van der Waals surface area contributed by atoms with Gasteiger partial charge in [0.15, 0.2) is 5.13 Å². The van der Waals surface area contributed by atoms with Crippen LogP contribution in [0.4, 0.5) is 5.13 Å². The van der Waals surface area contributed by atoms with Crippen LogP contribution in [0.1, 0.15) is 52.1 Å². The van der Waals surface area contributed by atoms with Gasteiger partial charge in [-0.2, -0.15) is 0 Å². The fourth-order valence-corrected chi connectivity index (χ4v) is 4.78. The number of nitrogens with zero attached hydrogens (tertiary/aromatic N) is 2. The van der Waals surface area contributed by atoms with Crippen molar-refractivity contribution in [3.05, 3.63) is 21.7 Å². The van der Waals surface area contributed by atoms with Crippen molar-refractivity contribution in [2.75, 3.05) is 24.3 Å². The SMILES string of the molecule is CCCC1=C(CCC)N(CC(=O)Nc2nc(CC(=O)OCC)cs2)CS1.Cl. The van der Waals surface area contributed by atoms with Crippen LogP contribution in [0.2, 0.25) is 0 Å². The van der Waals surface area contributed by atoms with Crippen molar-refractivity contribution in [1.82, 2.24) is 9.88 Å². The molecule has 0 bridgehead atoms. The molecule has 1 amide bonds. The van der Waals surface area contributed by atoms with Crippen molar-refractivity contribution in [2.45, 2.75) is 52.9 Å². The highest BCUT2D eigenvalue weighted by atomic mass is 35.5. The number of thiazole rings is 1. The van der Waals surface area contributed by atoms with Gasteiger partial charge in [-0.05, 0) is 19.8 Å². The maximum Gasteiger partial charge on any atom is 0.311 e. The van der Waals surface area contributed by atoms with E-state index in [2.05, 4.69) is 29.0 Å². The topological polar surface area (TPSA) is 71.5 Å². The molecular formula is C18H28ClN3O3S2. The Morgan fingerprint density at radius 1 is 1.26 bits per heavy atom. The predicted molar refractivity (Wildman–Crippen MR) is 114 cm³/mol. The van der Waals surface area contributed by atoms with E-state index in [4.69, 9.17) is 4.74 Å². The molecule has 0 atom stereocenters. The third-order valence-electron chi connectivity index (χ3n) is 3.83. The molecule has 9 heteroatoms. The molecule has 0 saturated carbocycles. The number of hydrogen-bond donors (Lipinski definition) is 1. The van der Waals surface area contributed by atoms with Gasteiger partial charge >= 0.3 is 5.97 Å². The Hall–Kier alpha value is -1.25. The third-order valence-corrected chi connectivity index (χ3v) is 5.86. The zero-order chi connectivity index (χ0) is 18.9. The summed E-state index contributed by atoms with van der Waals surface area (Å²) in [4.78, 5) is 31.8. The van der Waals surface area contributed by atoms with Gasteiger partial charge in [0.2, 0.25) is 5.91 Å². The quantitative estimate of drug-likeness (QED) is 0.550. The van der Waals surface area contributed by atoms with Crippen LogP contribution in [-0.2, 0) is 20.7 Å². The summed E-state index contributed by atoms with van der Waals surface area (Å²) < 4.78 is 4.91. The smallest absolute Gasteiger partial charge is 0.311 e. The number of ether oxygens (including phenoxy) is 1. The van der Waals surface area contributed by atoms with E-state index in [1.165, 1.54) is 21.9 Å². The van der Waals surface area contributed by atoms with Crippen LogP contribution in [0.15, 0.2) is 16.0 Å². The Morgan fingerprint density at radius 3 is 2.67 bits per heavy atom. The lowest BCUT2D eigenvalue weighted by Crippen LogP contribution is -2.30. The fourth-order valence-electron chi connectivity index (χ4n) is 2.75. The number of esters is 1. The molecule has 152 valence electrons. The molecule has 27 heavy (non-hydrogen) atoms. The number of aromatic nitrogens is 1. The van der Waals surface area contributed by atoms with E-state index >= 15 is 0 Å². The van der Waals surface area contributed by atoms with Gasteiger partial charge in [-0.1, -0.05) is 26.7 Å². The number of halogens is 1. The summed E-state index contributed by atoms with van der Waals surface area (Å²) in [6.45, 7) is 6.81. The highest BCUT2D eigenvalue weighted by Gasteiger charge is 2.24. The zero-order valence-electron chi connectivity index (χ0n) is 16.1. The Balaban J connectivity index is 0.00000364. The first-order valence-electron chi connectivity index (χ1n) is 9.06. The Morgan fingerprint density at radius 2 is 2.00 bits per heavy atom. The number of hydrogen-bond acceptors (Lipinski definition) is 7. The molecule has 0 unspecified atom stereocenters. The summed E-state index contributed by atoms with van der Waals surface area (Å²) >= 11 is 3.18. The molecule has 0 spiro atoms. The second kappa shape index (κ2) is 12.3. The van der Waals surface area contributed by atoms with Crippen molar-refractivity contribution in [2.24, 2.45) is 0 Å². The van der Waals surface area contributed by atoms with Gasteiger partial charge in [0.1, 0.15) is 0 Å². The molecule has 1 N–H and O–H groups in total. The molecule has 0 saturated heterocycles. The van der Waals surface area contributed by atoms with E-state index in [-0.39, 0.29) is 30.7 Å². The van der Waals surface area contributed by atoms with Crippen LogP contribution >= 0.6 is 35.5 Å². The number of thioether (sulfide) groups is 1. The summed E-state index contributed by atoms with van der Waals surface area (Å²) in [6, 6.07) is 0. The monoisotopic (exact) mass is 433 g/mol. The normalized spacial score (nSPS) is 13.5. The van der Waals surface area contributed by atoms with Crippen molar-refractivity contribution in [1.29, 1.82) is 0 Å². The molecule has 1 aliphatic rings. The van der Waals surface area contributed by atoms with E-state index in [0.717, 1.165) is 31.6 Å². The molecule has 1 aromatic heterocycles. The first kappa shape index (κ1) is 23.8. The lowest BCUT2D eigenvalue weighted by Gasteiger charge is -2.20. The van der Waals surface area contributed by atoms with Crippen LogP contribution < -0.4 is 5.32 Å². The Kier molecular flexibility index (Phi) is 10.8. The fraction of sp³-hybridized carbons (Fsp3) is 0.611. The van der Waals surface area contributed by atoms with E-state index in [1.54, 1.807) is 12.3 Å². The van der Waals surface area contributed by atoms with Gasteiger partial charge in [0, 0.05) is 16.0 Å². The summed E-state index contributed by atoms with van der Waals surface area (Å²) in [5, 5.41) is 5.15. The van der Waals surface area contributed by atoms with E-state index < -0.39 is 0 Å². The number of carbonyl (C=O) groups is 2. The zero-order valence-corrected chi connectivity index (χ0v) is 18.5. The van der Waals surface area contributed by atoms with Gasteiger partial charge < -0.3 is 15.0 Å². The standard InChI is InChI=1S/C18H27N3O3S2.ClH/c1-4-7-14-15(8-5-2)26-12-21(14)10-16(22)20-18-19-13(11-25-18)9-17(23)24-6-3;/h11H,4-10,12H2,1-3H3,(H,19,20,22);1H. The number of carbonyl (C=O) groups excluding carboxylic acids is 2. The number of anilines is 1. The molecule has 6 nitrogen and oxygen atoms in total. The van der Waals surface area contributed by atoms with E-state index in [1.807, 2.05) is 11.8 Å². The second-order valence-electron chi connectivity index (χ2n) is 6.02. The van der Waals surface area contributed by atoms with E-state index in [9.17, 15) is 9.59 Å². The van der Waals surface area contributed by atoms with Crippen LogP contribution in [0.25, 0.3) is 0 Å². The molecule has 1 aromatic rings. The minimum absolute atomic E-state index is 0. The van der Waals surface area contributed by atoms with Gasteiger partial charge in [-0.3, -0.25) is 9.59 Å². The number of nitrogens with one attached hydrogen (secondary N) is 1. The molecule has 0 fully saturated rings. The molecular weight excluding hydrogens is 406 g/mol. The highest BCUT2D eigenvalue weighted by Crippen LogP contribution is 2.37. The first-order chi connectivity index (χ1) is 12.6. The van der Waals surface area contributed by atoms with Crippen molar-refractivity contribution in [3.8, 4) is 0 Å². The minimum atomic E-state index is -0.303. The van der Waals surface area contributed by atoms with Crippen LogP contribution in [-0.4, -0.2) is 40.8 Å². The summed E-state index contributed by atoms with van der Waals surface area (Å²) in [5.41, 5.74) is 1.94. The maximum atomic E-state index is 12.4. The number of allylic oxidation sites excluding steroid dienone is 2. The lowest BCUT2D eigenvalue weighted by molar-refractivity contribution is -0.142. The van der Waals surface area contributed by atoms with Crippen LogP contribution in [0, 0.1) is 0 Å². The van der Waals surface area contributed by atoms with Crippen LogP contribution in [0.3, 0.4) is 0 Å². The Labute approximate surface area is 175 Å². The molecule has 1 aliphatic heterocycles. The largest absolute Gasteiger partial charge is 0.466 e. The Bertz CT molecular complexity index is 664. The number of amides is 1. The van der Waals surface area contributed by atoms with Crippen molar-refractivity contribution < 1.29 is 14.3 Å². The molecule has 0 aliphatic carbocycles. The van der Waals surface area contributed by atoms with Crippen LogP contribution in [0.5, 0.6) is 0 Å². The summed E-state index contributed by atoms with van der Waals surface area (Å²) in [6.07, 6.45) is 4.42. The lowest BCUT2D eigenvalue weighted by atomic mass is 10.2. The van der Waals surface area contributed by atoms with E-state index in [0.29, 0.717) is 24.0 Å².